The highest BCUT2D eigenvalue weighted by molar-refractivity contribution is 6.04. The van der Waals surface area contributed by atoms with E-state index >= 15 is 0 Å². The van der Waals surface area contributed by atoms with Gasteiger partial charge in [0.25, 0.3) is 5.91 Å². The van der Waals surface area contributed by atoms with Crippen molar-refractivity contribution in [1.82, 2.24) is 4.98 Å². The number of fused-ring (bicyclic) bond motifs is 1. The number of nitrogens with zero attached hydrogens (tertiary/aromatic N) is 1. The molecule has 0 saturated heterocycles. The van der Waals surface area contributed by atoms with Gasteiger partial charge in [0.2, 0.25) is 0 Å². The molecular formula is C29H29N3O4. The highest BCUT2D eigenvalue weighted by Crippen LogP contribution is 2.38. The van der Waals surface area contributed by atoms with E-state index in [0.717, 1.165) is 36.6 Å². The van der Waals surface area contributed by atoms with E-state index in [1.165, 1.54) is 0 Å². The Morgan fingerprint density at radius 2 is 1.78 bits per heavy atom. The Kier molecular flexibility index (Phi) is 7.00. The van der Waals surface area contributed by atoms with Gasteiger partial charge in [-0.3, -0.25) is 9.78 Å². The molecule has 0 radical (unpaired) electrons. The number of carbonyl (C=O) groups excluding carboxylic acids is 1. The summed E-state index contributed by atoms with van der Waals surface area (Å²) < 4.78 is 18.1. The van der Waals surface area contributed by atoms with Crippen LogP contribution in [0.4, 0.5) is 5.69 Å². The maximum atomic E-state index is 12.4. The van der Waals surface area contributed by atoms with E-state index in [1.54, 1.807) is 37.6 Å². The molecule has 0 bridgehead atoms. The van der Waals surface area contributed by atoms with Crippen LogP contribution in [0.1, 0.15) is 36.0 Å². The number of amides is 1. The number of hydrogen-bond donors (Lipinski definition) is 2. The number of ether oxygens (including phenoxy) is 3. The van der Waals surface area contributed by atoms with Crippen LogP contribution in [0.3, 0.4) is 0 Å². The molecule has 1 amide bonds. The second kappa shape index (κ2) is 10.7. The summed E-state index contributed by atoms with van der Waals surface area (Å²) >= 11 is 0. The van der Waals surface area contributed by atoms with Crippen molar-refractivity contribution in [3.05, 3.63) is 84.6 Å². The highest BCUT2D eigenvalue weighted by atomic mass is 16.5. The summed E-state index contributed by atoms with van der Waals surface area (Å²) in [5.74, 6) is 2.40. The van der Waals surface area contributed by atoms with Crippen LogP contribution in [0.2, 0.25) is 0 Å². The topological polar surface area (TPSA) is 95.7 Å². The molecule has 0 aliphatic heterocycles. The fourth-order valence-electron chi connectivity index (χ4n) is 4.46. The van der Waals surface area contributed by atoms with Gasteiger partial charge < -0.3 is 25.3 Å². The Bertz CT molecular complexity index is 1340. The van der Waals surface area contributed by atoms with Crippen molar-refractivity contribution < 1.29 is 19.0 Å². The lowest BCUT2D eigenvalue weighted by atomic mass is 9.93. The van der Waals surface area contributed by atoms with E-state index in [4.69, 9.17) is 19.9 Å². The van der Waals surface area contributed by atoms with Crippen LogP contribution >= 0.6 is 0 Å². The van der Waals surface area contributed by atoms with Gasteiger partial charge in [0, 0.05) is 34.9 Å². The normalized spacial score (nSPS) is 17.4. The van der Waals surface area contributed by atoms with E-state index < -0.39 is 0 Å². The molecular weight excluding hydrogens is 454 g/mol. The molecule has 1 saturated carbocycles. The van der Waals surface area contributed by atoms with Crippen molar-refractivity contribution >= 4 is 22.5 Å². The predicted octanol–water partition coefficient (Wildman–Crippen LogP) is 5.94. The molecule has 3 N–H and O–H groups in total. The Morgan fingerprint density at radius 3 is 2.53 bits per heavy atom. The summed E-state index contributed by atoms with van der Waals surface area (Å²) in [4.78, 5) is 16.9. The number of aromatic nitrogens is 1. The molecule has 36 heavy (non-hydrogen) atoms. The molecule has 1 unspecified atom stereocenters. The van der Waals surface area contributed by atoms with Crippen molar-refractivity contribution in [2.24, 2.45) is 5.73 Å². The lowest BCUT2D eigenvalue weighted by Gasteiger charge is -2.28. The van der Waals surface area contributed by atoms with Gasteiger partial charge in [0.15, 0.2) is 11.5 Å². The standard InChI is InChI=1S/C29H29N3O4/c1-34-27-17-24-25(18-28(27)36-23-9-5-8-20(30)16-23)31-15-14-26(24)35-22-12-10-21(11-13-22)32-29(33)19-6-3-2-4-7-19/h2-4,6-7,10-15,17-18,20,23H,5,8-9,16,30H2,1H3,(H,32,33)/t20-,23?/m0/s1. The zero-order valence-electron chi connectivity index (χ0n) is 20.1. The number of benzene rings is 3. The second-order valence-corrected chi connectivity index (χ2v) is 8.94. The Hall–Kier alpha value is -4.10. The molecule has 0 spiro atoms. The predicted molar refractivity (Wildman–Crippen MR) is 140 cm³/mol. The van der Waals surface area contributed by atoms with Gasteiger partial charge >= 0.3 is 0 Å². The summed E-state index contributed by atoms with van der Waals surface area (Å²) in [5.41, 5.74) is 8.16. The van der Waals surface area contributed by atoms with E-state index in [2.05, 4.69) is 10.3 Å². The fraction of sp³-hybridized carbons (Fsp3) is 0.241. The quantitative estimate of drug-likeness (QED) is 0.338. The highest BCUT2D eigenvalue weighted by Gasteiger charge is 2.22. The first kappa shape index (κ1) is 23.6. The second-order valence-electron chi connectivity index (χ2n) is 8.94. The third-order valence-electron chi connectivity index (χ3n) is 6.32. The Labute approximate surface area is 210 Å². The van der Waals surface area contributed by atoms with Crippen molar-refractivity contribution in [2.45, 2.75) is 37.8 Å². The molecule has 1 heterocycles. The minimum Gasteiger partial charge on any atom is -0.493 e. The van der Waals surface area contributed by atoms with E-state index in [-0.39, 0.29) is 18.1 Å². The maximum Gasteiger partial charge on any atom is 0.255 e. The lowest BCUT2D eigenvalue weighted by molar-refractivity contribution is 0.102. The van der Waals surface area contributed by atoms with Crippen molar-refractivity contribution in [2.75, 3.05) is 12.4 Å². The molecule has 1 aliphatic rings. The Morgan fingerprint density at radius 1 is 0.972 bits per heavy atom. The van der Waals surface area contributed by atoms with E-state index in [9.17, 15) is 4.79 Å². The number of nitrogens with two attached hydrogens (primary N) is 1. The first-order chi connectivity index (χ1) is 17.6. The maximum absolute atomic E-state index is 12.4. The van der Waals surface area contributed by atoms with Gasteiger partial charge in [-0.25, -0.2) is 0 Å². The first-order valence-corrected chi connectivity index (χ1v) is 12.1. The van der Waals surface area contributed by atoms with Crippen LogP contribution in [-0.2, 0) is 0 Å². The van der Waals surface area contributed by atoms with Gasteiger partial charge in [0.05, 0.1) is 12.6 Å². The Balaban J connectivity index is 1.33. The summed E-state index contributed by atoms with van der Waals surface area (Å²) in [6.45, 7) is 0. The number of carbonyl (C=O) groups is 1. The van der Waals surface area contributed by atoms with Gasteiger partial charge in [-0.05, 0) is 74.2 Å². The molecule has 7 nitrogen and oxygen atoms in total. The number of hydrogen-bond acceptors (Lipinski definition) is 6. The van der Waals surface area contributed by atoms with Gasteiger partial charge in [0.1, 0.15) is 17.6 Å². The van der Waals surface area contributed by atoms with Crippen molar-refractivity contribution in [1.29, 1.82) is 0 Å². The van der Waals surface area contributed by atoms with Gasteiger partial charge in [-0.1, -0.05) is 18.2 Å². The molecule has 1 aromatic heterocycles. The zero-order valence-corrected chi connectivity index (χ0v) is 20.1. The fourth-order valence-corrected chi connectivity index (χ4v) is 4.46. The average Bonchev–Trinajstić information content (AvgIpc) is 2.90. The zero-order chi connectivity index (χ0) is 24.9. The summed E-state index contributed by atoms with van der Waals surface area (Å²) in [6, 6.07) is 22.1. The van der Waals surface area contributed by atoms with Gasteiger partial charge in [-0.15, -0.1) is 0 Å². The minimum atomic E-state index is -0.162. The molecule has 7 heteroatoms. The van der Waals surface area contributed by atoms with Crippen LogP contribution in [-0.4, -0.2) is 30.1 Å². The average molecular weight is 484 g/mol. The molecule has 184 valence electrons. The summed E-state index contributed by atoms with van der Waals surface area (Å²) in [5, 5.41) is 3.70. The third-order valence-corrected chi connectivity index (χ3v) is 6.32. The largest absolute Gasteiger partial charge is 0.493 e. The van der Waals surface area contributed by atoms with Crippen LogP contribution < -0.4 is 25.3 Å². The SMILES string of the molecule is COc1cc2c(Oc3ccc(NC(=O)c4ccccc4)cc3)ccnc2cc1OC1CCC[C@H](N)C1. The number of rotatable bonds is 7. The van der Waals surface area contributed by atoms with Gasteiger partial charge in [-0.2, -0.15) is 0 Å². The van der Waals surface area contributed by atoms with E-state index in [0.29, 0.717) is 34.2 Å². The number of nitrogens with one attached hydrogen (secondary N) is 1. The number of pyridine rings is 1. The van der Waals surface area contributed by atoms with Crippen LogP contribution in [0.5, 0.6) is 23.0 Å². The number of anilines is 1. The summed E-state index contributed by atoms with van der Waals surface area (Å²) in [6.07, 6.45) is 5.69. The lowest BCUT2D eigenvalue weighted by Crippen LogP contribution is -2.33. The molecule has 5 rings (SSSR count). The smallest absolute Gasteiger partial charge is 0.255 e. The number of methoxy groups -OCH3 is 1. The van der Waals surface area contributed by atoms with Crippen molar-refractivity contribution in [3.63, 3.8) is 0 Å². The molecule has 1 fully saturated rings. The van der Waals surface area contributed by atoms with Crippen molar-refractivity contribution in [3.8, 4) is 23.0 Å². The first-order valence-electron chi connectivity index (χ1n) is 12.1. The molecule has 3 aromatic carbocycles. The van der Waals surface area contributed by atoms with Crippen LogP contribution in [0, 0.1) is 0 Å². The minimum absolute atomic E-state index is 0.0698. The molecule has 1 aliphatic carbocycles. The van der Waals surface area contributed by atoms with Crippen LogP contribution in [0.15, 0.2) is 79.0 Å². The summed E-state index contributed by atoms with van der Waals surface area (Å²) in [7, 11) is 1.62. The molecule has 2 atom stereocenters. The molecule has 4 aromatic rings. The van der Waals surface area contributed by atoms with Crippen LogP contribution in [0.25, 0.3) is 10.9 Å². The van der Waals surface area contributed by atoms with E-state index in [1.807, 2.05) is 48.5 Å². The third kappa shape index (κ3) is 5.42. The monoisotopic (exact) mass is 483 g/mol.